The number of ether oxygens (including phenoxy) is 1. The number of nitrogens with zero attached hydrogens (tertiary/aromatic N) is 3. The second-order valence-corrected chi connectivity index (χ2v) is 9.33. The molecule has 0 fully saturated rings. The summed E-state index contributed by atoms with van der Waals surface area (Å²) in [7, 11) is 0. The number of alkyl halides is 2. The van der Waals surface area contributed by atoms with Gasteiger partial charge in [-0.05, 0) is 51.8 Å². The molecule has 6 nitrogen and oxygen atoms in total. The first-order chi connectivity index (χ1) is 15.9. The van der Waals surface area contributed by atoms with Gasteiger partial charge in [0, 0.05) is 35.7 Å². The summed E-state index contributed by atoms with van der Waals surface area (Å²) >= 11 is 0. The van der Waals surface area contributed by atoms with Crippen molar-refractivity contribution in [1.82, 2.24) is 25.2 Å². The molecule has 2 aromatic heterocycles. The molecule has 0 bridgehead atoms. The van der Waals surface area contributed by atoms with E-state index in [4.69, 9.17) is 4.74 Å². The lowest BCUT2D eigenvalue weighted by atomic mass is 9.90. The molecule has 1 aromatic carbocycles. The molecule has 3 heterocycles. The highest BCUT2D eigenvalue weighted by Gasteiger charge is 2.39. The summed E-state index contributed by atoms with van der Waals surface area (Å²) in [6, 6.07) is 8.11. The standard InChI is InChI=1S/C25H33F2N5O/c1-17-13-20-19-7-4-5-8-21(19)31-22(20)23(32(17)16-25(2,3)27)24-29-14-18(15-30-24)33-12-11-28-10-6-9-26/h4-5,7-8,14-15,17,23,28,31H,6,9-13,16H2,1-3H3/t17-,23-/m1/s1. The molecular formula is C25H33F2N5O. The van der Waals surface area contributed by atoms with Gasteiger partial charge in [0.15, 0.2) is 11.6 Å². The van der Waals surface area contributed by atoms with E-state index in [2.05, 4.69) is 44.2 Å². The summed E-state index contributed by atoms with van der Waals surface area (Å²) in [5.41, 5.74) is 2.00. The number of rotatable bonds is 10. The first-order valence-electron chi connectivity index (χ1n) is 11.6. The molecule has 0 aliphatic carbocycles. The van der Waals surface area contributed by atoms with E-state index in [-0.39, 0.29) is 25.3 Å². The fourth-order valence-corrected chi connectivity index (χ4v) is 4.57. The van der Waals surface area contributed by atoms with Crippen LogP contribution in [0.2, 0.25) is 0 Å². The Bertz CT molecular complexity index is 1050. The van der Waals surface area contributed by atoms with E-state index < -0.39 is 5.67 Å². The average Bonchev–Trinajstić information content (AvgIpc) is 3.14. The SMILES string of the molecule is C[C@@H]1Cc2c([nH]c3ccccc23)[C@H](c2ncc(OCCNCCCF)cn2)N1CC(C)(C)F. The average molecular weight is 458 g/mol. The fourth-order valence-electron chi connectivity index (χ4n) is 4.57. The van der Waals surface area contributed by atoms with Crippen LogP contribution in [0.25, 0.3) is 10.9 Å². The minimum absolute atomic E-state index is 0.131. The minimum atomic E-state index is -1.35. The topological polar surface area (TPSA) is 66.1 Å². The van der Waals surface area contributed by atoms with Gasteiger partial charge in [-0.1, -0.05) is 18.2 Å². The molecule has 178 valence electrons. The zero-order valence-electron chi connectivity index (χ0n) is 19.6. The second kappa shape index (κ2) is 10.1. The Morgan fingerprint density at radius 3 is 2.70 bits per heavy atom. The highest BCUT2D eigenvalue weighted by Crippen LogP contribution is 2.40. The summed E-state index contributed by atoms with van der Waals surface area (Å²) in [5, 5.41) is 4.32. The second-order valence-electron chi connectivity index (χ2n) is 9.33. The lowest BCUT2D eigenvalue weighted by Crippen LogP contribution is -2.48. The van der Waals surface area contributed by atoms with E-state index in [1.807, 2.05) is 12.1 Å². The monoisotopic (exact) mass is 457 g/mol. The van der Waals surface area contributed by atoms with Gasteiger partial charge in [0.25, 0.3) is 0 Å². The van der Waals surface area contributed by atoms with Gasteiger partial charge >= 0.3 is 0 Å². The van der Waals surface area contributed by atoms with Crippen LogP contribution in [0.15, 0.2) is 36.7 Å². The number of H-pyrrole nitrogens is 1. The van der Waals surface area contributed by atoms with Crippen LogP contribution in [0.5, 0.6) is 5.75 Å². The van der Waals surface area contributed by atoms with Crippen molar-refractivity contribution >= 4 is 10.9 Å². The molecule has 0 saturated heterocycles. The van der Waals surface area contributed by atoms with Gasteiger partial charge in [0.05, 0.1) is 19.1 Å². The molecule has 0 amide bonds. The lowest BCUT2D eigenvalue weighted by molar-refractivity contribution is 0.0638. The van der Waals surface area contributed by atoms with Crippen LogP contribution in [0.3, 0.4) is 0 Å². The van der Waals surface area contributed by atoms with Crippen molar-refractivity contribution in [3.05, 3.63) is 53.7 Å². The number of benzene rings is 1. The summed E-state index contributed by atoms with van der Waals surface area (Å²) < 4.78 is 32.6. The molecule has 0 unspecified atom stereocenters. The molecule has 0 saturated carbocycles. The van der Waals surface area contributed by atoms with Crippen LogP contribution in [0.1, 0.15) is 50.3 Å². The van der Waals surface area contributed by atoms with E-state index in [0.29, 0.717) is 37.7 Å². The first-order valence-corrected chi connectivity index (χ1v) is 11.6. The van der Waals surface area contributed by atoms with Gasteiger partial charge in [0.1, 0.15) is 18.3 Å². The van der Waals surface area contributed by atoms with E-state index in [9.17, 15) is 8.78 Å². The molecule has 8 heteroatoms. The van der Waals surface area contributed by atoms with Crippen LogP contribution in [-0.4, -0.2) is 64.5 Å². The number of nitrogens with one attached hydrogen (secondary N) is 2. The van der Waals surface area contributed by atoms with Gasteiger partial charge in [-0.2, -0.15) is 0 Å². The molecule has 33 heavy (non-hydrogen) atoms. The summed E-state index contributed by atoms with van der Waals surface area (Å²) in [4.78, 5) is 15.0. The predicted molar refractivity (Wildman–Crippen MR) is 126 cm³/mol. The Kier molecular flexibility index (Phi) is 7.24. The maximum atomic E-state index is 14.8. The third-order valence-electron chi connectivity index (χ3n) is 6.00. The molecule has 4 rings (SSSR count). The van der Waals surface area contributed by atoms with Crippen molar-refractivity contribution in [2.24, 2.45) is 0 Å². The van der Waals surface area contributed by atoms with Crippen molar-refractivity contribution in [3.63, 3.8) is 0 Å². The summed E-state index contributed by atoms with van der Waals surface area (Å²) in [6.45, 7) is 7.01. The maximum absolute atomic E-state index is 14.8. The zero-order valence-corrected chi connectivity index (χ0v) is 19.6. The van der Waals surface area contributed by atoms with Crippen molar-refractivity contribution in [3.8, 4) is 5.75 Å². The highest BCUT2D eigenvalue weighted by atomic mass is 19.1. The number of fused-ring (bicyclic) bond motifs is 3. The van der Waals surface area contributed by atoms with Crippen LogP contribution in [0.4, 0.5) is 8.78 Å². The van der Waals surface area contributed by atoms with Gasteiger partial charge in [-0.15, -0.1) is 0 Å². The predicted octanol–water partition coefficient (Wildman–Crippen LogP) is 4.37. The molecule has 1 aliphatic rings. The van der Waals surface area contributed by atoms with Crippen molar-refractivity contribution in [2.45, 2.75) is 51.4 Å². The molecule has 0 radical (unpaired) electrons. The number of halogens is 2. The summed E-state index contributed by atoms with van der Waals surface area (Å²) in [6.07, 6.45) is 4.68. The smallest absolute Gasteiger partial charge is 0.155 e. The largest absolute Gasteiger partial charge is 0.489 e. The van der Waals surface area contributed by atoms with E-state index >= 15 is 0 Å². The Hall–Kier alpha value is -2.58. The number of para-hydroxylation sites is 1. The molecule has 2 N–H and O–H groups in total. The molecular weight excluding hydrogens is 424 g/mol. The van der Waals surface area contributed by atoms with Crippen LogP contribution in [-0.2, 0) is 6.42 Å². The van der Waals surface area contributed by atoms with Crippen molar-refractivity contribution < 1.29 is 13.5 Å². The third-order valence-corrected chi connectivity index (χ3v) is 6.00. The molecule has 3 aromatic rings. The van der Waals surface area contributed by atoms with E-state index in [1.165, 1.54) is 10.9 Å². The zero-order chi connectivity index (χ0) is 23.4. The third kappa shape index (κ3) is 5.50. The van der Waals surface area contributed by atoms with E-state index in [0.717, 1.165) is 17.6 Å². The van der Waals surface area contributed by atoms with Crippen LogP contribution in [0, 0.1) is 0 Å². The Balaban J connectivity index is 1.59. The Labute approximate surface area is 193 Å². The lowest BCUT2D eigenvalue weighted by Gasteiger charge is -2.41. The van der Waals surface area contributed by atoms with E-state index in [1.54, 1.807) is 26.2 Å². The number of hydrogen-bond donors (Lipinski definition) is 2. The maximum Gasteiger partial charge on any atom is 0.155 e. The van der Waals surface area contributed by atoms with Crippen LogP contribution >= 0.6 is 0 Å². The van der Waals surface area contributed by atoms with Crippen LogP contribution < -0.4 is 10.1 Å². The van der Waals surface area contributed by atoms with Gasteiger partial charge < -0.3 is 15.0 Å². The van der Waals surface area contributed by atoms with Gasteiger partial charge in [0.2, 0.25) is 0 Å². The minimum Gasteiger partial charge on any atom is -0.489 e. The number of aromatic nitrogens is 3. The quantitative estimate of drug-likeness (QED) is 0.443. The molecule has 0 spiro atoms. The molecule has 1 aliphatic heterocycles. The molecule has 2 atom stereocenters. The highest BCUT2D eigenvalue weighted by molar-refractivity contribution is 5.85. The van der Waals surface area contributed by atoms with Gasteiger partial charge in [-0.25, -0.2) is 14.4 Å². The Morgan fingerprint density at radius 1 is 1.21 bits per heavy atom. The first kappa shape index (κ1) is 23.6. The summed E-state index contributed by atoms with van der Waals surface area (Å²) in [5.74, 6) is 1.19. The Morgan fingerprint density at radius 2 is 1.97 bits per heavy atom. The van der Waals surface area contributed by atoms with Crippen molar-refractivity contribution in [2.75, 3.05) is 32.9 Å². The van der Waals surface area contributed by atoms with Crippen molar-refractivity contribution in [1.29, 1.82) is 0 Å². The number of aromatic amines is 1. The fraction of sp³-hybridized carbons (Fsp3) is 0.520. The normalized spacial score (nSPS) is 19.1. The number of hydrogen-bond acceptors (Lipinski definition) is 5. The van der Waals surface area contributed by atoms with Gasteiger partial charge in [-0.3, -0.25) is 9.29 Å².